The lowest BCUT2D eigenvalue weighted by molar-refractivity contribution is 0.0695. The van der Waals surface area contributed by atoms with Crippen molar-refractivity contribution in [2.75, 3.05) is 26.1 Å². The van der Waals surface area contributed by atoms with Crippen LogP contribution in [0.3, 0.4) is 0 Å². The van der Waals surface area contributed by atoms with E-state index in [1.54, 1.807) is 24.3 Å². The molecule has 0 saturated carbocycles. The number of hydrogen-bond donors (Lipinski definition) is 4. The fraction of sp³-hybridized carbons (Fsp3) is 0.174. The Balaban J connectivity index is 2.01. The van der Waals surface area contributed by atoms with E-state index in [0.29, 0.717) is 10.6 Å². The van der Waals surface area contributed by atoms with Gasteiger partial charge in [0.05, 0.1) is 31.7 Å². The van der Waals surface area contributed by atoms with Crippen LogP contribution in [-0.2, 0) is 0 Å². The van der Waals surface area contributed by atoms with Crippen molar-refractivity contribution in [3.8, 4) is 17.2 Å². The topological polar surface area (TPSA) is 153 Å². The number of amides is 1. The van der Waals surface area contributed by atoms with E-state index in [-0.39, 0.29) is 35.0 Å². The van der Waals surface area contributed by atoms with E-state index in [4.69, 9.17) is 26.8 Å². The molecule has 0 aliphatic carbocycles. The monoisotopic (exact) mass is 487 g/mol. The first kappa shape index (κ1) is 24.6. The van der Waals surface area contributed by atoms with Crippen LogP contribution in [0.15, 0.2) is 53.5 Å². The number of hydrogen-bond acceptors (Lipinski definition) is 7. The highest BCUT2D eigenvalue weighted by atomic mass is 35.5. The fourth-order valence-electron chi connectivity index (χ4n) is 3.41. The van der Waals surface area contributed by atoms with Gasteiger partial charge in [0.15, 0.2) is 0 Å². The lowest BCUT2D eigenvalue weighted by Gasteiger charge is -2.17. The Bertz CT molecular complexity index is 1280. The van der Waals surface area contributed by atoms with Gasteiger partial charge in [-0.15, -0.1) is 0 Å². The molecule has 34 heavy (non-hydrogen) atoms. The van der Waals surface area contributed by atoms with Crippen LogP contribution in [0.2, 0.25) is 5.02 Å². The maximum Gasteiger partial charge on any atom is 0.343 e. The highest BCUT2D eigenvalue weighted by Gasteiger charge is 2.22. The number of aliphatic hydroxyl groups is 1. The van der Waals surface area contributed by atoms with Gasteiger partial charge in [0.25, 0.3) is 11.5 Å². The average Bonchev–Trinajstić information content (AvgIpc) is 2.81. The molecule has 2 aromatic carbocycles. The summed E-state index contributed by atoms with van der Waals surface area (Å²) in [7, 11) is 2.63. The van der Waals surface area contributed by atoms with Crippen LogP contribution in [-0.4, -0.2) is 47.4 Å². The van der Waals surface area contributed by atoms with Gasteiger partial charge in [0, 0.05) is 29.9 Å². The molecule has 1 amide bonds. The number of benzene rings is 2. The number of methoxy groups -OCH3 is 2. The van der Waals surface area contributed by atoms with Gasteiger partial charge in [-0.05, 0) is 23.8 Å². The molecule has 11 heteroatoms. The zero-order chi connectivity index (χ0) is 25.0. The number of halogens is 1. The van der Waals surface area contributed by atoms with E-state index in [1.807, 2.05) is 0 Å². The number of aromatic carboxylic acids is 1. The highest BCUT2D eigenvalue weighted by Crippen LogP contribution is 2.31. The summed E-state index contributed by atoms with van der Waals surface area (Å²) < 4.78 is 11.5. The second kappa shape index (κ2) is 10.3. The number of aliphatic hydroxyl groups excluding tert-OH is 1. The lowest BCUT2D eigenvalue weighted by atomic mass is 10.1. The molecule has 0 radical (unpaired) electrons. The number of carbonyl (C=O) groups excluding carboxylic acids is 1. The van der Waals surface area contributed by atoms with Crippen molar-refractivity contribution in [1.29, 1.82) is 0 Å². The number of ether oxygens (including phenoxy) is 2. The molecule has 178 valence electrons. The Morgan fingerprint density at radius 3 is 2.29 bits per heavy atom. The third-order valence-electron chi connectivity index (χ3n) is 5.04. The number of anilines is 1. The van der Waals surface area contributed by atoms with Crippen molar-refractivity contribution in [2.45, 2.75) is 6.10 Å². The fourth-order valence-corrected chi connectivity index (χ4v) is 3.61. The Morgan fingerprint density at radius 2 is 1.76 bits per heavy atom. The summed E-state index contributed by atoms with van der Waals surface area (Å²) in [5, 5.41) is 23.4. The summed E-state index contributed by atoms with van der Waals surface area (Å²) in [6.07, 6.45) is 0.346. The van der Waals surface area contributed by atoms with Gasteiger partial charge < -0.3 is 30.7 Å². The van der Waals surface area contributed by atoms with Crippen molar-refractivity contribution in [2.24, 2.45) is 5.73 Å². The average molecular weight is 488 g/mol. The number of carbonyl (C=O) groups is 2. The molecule has 0 spiro atoms. The SMILES string of the molecule is COc1cc(-n2ccc(NC[C@H](O)c3cccc(Cl)c3)c(C(=O)O)c2=O)cc(OC)c1C(N)=O. The standard InChI is InChI=1S/C23H22ClN3O7/c1-33-17-9-14(10-18(34-2)20(17)21(25)29)27-7-6-15(19(22(27)30)23(31)32)26-11-16(28)12-4-3-5-13(24)8-12/h3-10,16,26,28H,11H2,1-2H3,(H2,25,29)(H,31,32)/t16-/m0/s1. The molecular formula is C23H22ClN3O7. The first-order valence-electron chi connectivity index (χ1n) is 9.90. The van der Waals surface area contributed by atoms with E-state index in [0.717, 1.165) is 4.57 Å². The van der Waals surface area contributed by atoms with Crippen LogP contribution in [0.25, 0.3) is 5.69 Å². The molecule has 1 atom stereocenters. The number of pyridine rings is 1. The van der Waals surface area contributed by atoms with E-state index in [2.05, 4.69) is 5.32 Å². The van der Waals surface area contributed by atoms with Crippen LogP contribution < -0.4 is 26.1 Å². The molecule has 0 fully saturated rings. The third-order valence-corrected chi connectivity index (χ3v) is 5.28. The summed E-state index contributed by atoms with van der Waals surface area (Å²) in [5.74, 6) is -2.15. The Kier molecular flexibility index (Phi) is 7.44. The molecule has 0 saturated heterocycles. The van der Waals surface area contributed by atoms with Crippen LogP contribution in [0.5, 0.6) is 11.5 Å². The molecule has 3 rings (SSSR count). The highest BCUT2D eigenvalue weighted by molar-refractivity contribution is 6.30. The molecule has 0 aliphatic heterocycles. The molecule has 3 aromatic rings. The van der Waals surface area contributed by atoms with Crippen molar-refractivity contribution >= 4 is 29.2 Å². The zero-order valence-electron chi connectivity index (χ0n) is 18.2. The maximum absolute atomic E-state index is 13.1. The predicted octanol–water partition coefficient (Wildman–Crippen LogP) is 2.45. The largest absolute Gasteiger partial charge is 0.496 e. The second-order valence-electron chi connectivity index (χ2n) is 7.13. The number of nitrogens with one attached hydrogen (secondary N) is 1. The van der Waals surface area contributed by atoms with E-state index in [1.165, 1.54) is 38.6 Å². The minimum absolute atomic E-state index is 0.0162. The van der Waals surface area contributed by atoms with E-state index >= 15 is 0 Å². The predicted molar refractivity (Wildman–Crippen MR) is 126 cm³/mol. The summed E-state index contributed by atoms with van der Waals surface area (Å²) in [4.78, 5) is 36.8. The Hall–Kier alpha value is -4.02. The zero-order valence-corrected chi connectivity index (χ0v) is 19.0. The minimum Gasteiger partial charge on any atom is -0.496 e. The Morgan fingerprint density at radius 1 is 1.12 bits per heavy atom. The maximum atomic E-state index is 13.1. The van der Waals surface area contributed by atoms with Crippen LogP contribution in [0.1, 0.15) is 32.4 Å². The van der Waals surface area contributed by atoms with Gasteiger partial charge >= 0.3 is 5.97 Å². The molecule has 0 bridgehead atoms. The van der Waals surface area contributed by atoms with Gasteiger partial charge in [-0.1, -0.05) is 23.7 Å². The first-order chi connectivity index (χ1) is 16.2. The number of nitrogens with two attached hydrogens (primary N) is 1. The summed E-state index contributed by atoms with van der Waals surface area (Å²) >= 11 is 5.94. The minimum atomic E-state index is -1.47. The number of primary amides is 1. The number of rotatable bonds is 9. The third kappa shape index (κ3) is 4.98. The molecule has 10 nitrogen and oxygen atoms in total. The van der Waals surface area contributed by atoms with E-state index in [9.17, 15) is 24.6 Å². The van der Waals surface area contributed by atoms with Crippen LogP contribution in [0, 0.1) is 0 Å². The van der Waals surface area contributed by atoms with Gasteiger partial charge in [-0.25, -0.2) is 4.79 Å². The molecule has 0 aliphatic rings. The normalized spacial score (nSPS) is 11.5. The summed E-state index contributed by atoms with van der Waals surface area (Å²) in [6, 6.07) is 10.7. The number of carboxylic acid groups (broad SMARTS) is 1. The molecule has 0 unspecified atom stereocenters. The quantitative estimate of drug-likeness (QED) is 0.359. The van der Waals surface area contributed by atoms with Crippen molar-refractivity contribution in [3.63, 3.8) is 0 Å². The van der Waals surface area contributed by atoms with E-state index < -0.39 is 29.1 Å². The van der Waals surface area contributed by atoms with Crippen molar-refractivity contribution in [3.05, 3.63) is 80.7 Å². The summed E-state index contributed by atoms with van der Waals surface area (Å²) in [5.41, 5.74) is 4.71. The molecule has 1 aromatic heterocycles. The smallest absolute Gasteiger partial charge is 0.343 e. The number of carboxylic acids is 1. The van der Waals surface area contributed by atoms with Crippen molar-refractivity contribution in [1.82, 2.24) is 4.57 Å². The van der Waals surface area contributed by atoms with Crippen molar-refractivity contribution < 1.29 is 29.3 Å². The molecular weight excluding hydrogens is 466 g/mol. The van der Waals surface area contributed by atoms with Gasteiger partial charge in [0.1, 0.15) is 22.6 Å². The number of nitrogens with zero attached hydrogens (tertiary/aromatic N) is 1. The second-order valence-corrected chi connectivity index (χ2v) is 7.56. The van der Waals surface area contributed by atoms with Crippen LogP contribution >= 0.6 is 11.6 Å². The van der Waals surface area contributed by atoms with Gasteiger partial charge in [-0.2, -0.15) is 0 Å². The lowest BCUT2D eigenvalue weighted by Crippen LogP contribution is -2.27. The van der Waals surface area contributed by atoms with Crippen LogP contribution in [0.4, 0.5) is 5.69 Å². The molecule has 5 N–H and O–H groups in total. The Labute approximate surface area is 199 Å². The van der Waals surface area contributed by atoms with Gasteiger partial charge in [0.2, 0.25) is 0 Å². The van der Waals surface area contributed by atoms with Gasteiger partial charge in [-0.3, -0.25) is 14.2 Å². The number of aromatic nitrogens is 1. The molecule has 1 heterocycles. The first-order valence-corrected chi connectivity index (χ1v) is 10.3. The summed E-state index contributed by atoms with van der Waals surface area (Å²) in [6.45, 7) is -0.0704.